The first-order valence-corrected chi connectivity index (χ1v) is 12.8. The Hall–Kier alpha value is -2.82. The number of fused-ring (bicyclic) bond motifs is 2. The zero-order chi connectivity index (χ0) is 24.7. The highest BCUT2D eigenvalue weighted by Gasteiger charge is 2.33. The van der Waals surface area contributed by atoms with E-state index in [1.165, 1.54) is 17.4 Å². The Morgan fingerprint density at radius 1 is 1.34 bits per heavy atom. The lowest BCUT2D eigenvalue weighted by atomic mass is 9.91. The van der Waals surface area contributed by atoms with Crippen LogP contribution in [0.2, 0.25) is 0 Å². The molecule has 1 amide bonds. The molecule has 5 rings (SSSR count). The maximum Gasteiger partial charge on any atom is 0.263 e. The van der Waals surface area contributed by atoms with Gasteiger partial charge in [-0.15, -0.1) is 11.3 Å². The fourth-order valence-corrected chi connectivity index (χ4v) is 6.22. The van der Waals surface area contributed by atoms with Gasteiger partial charge in [-0.25, -0.2) is 14.4 Å². The molecule has 8 nitrogen and oxygen atoms in total. The summed E-state index contributed by atoms with van der Waals surface area (Å²) in [6, 6.07) is 5.95. The fraction of sp³-hybridized carbons (Fsp3) is 0.480. The van der Waals surface area contributed by atoms with Gasteiger partial charge in [0.15, 0.2) is 0 Å². The summed E-state index contributed by atoms with van der Waals surface area (Å²) in [4.78, 5) is 25.5. The molecule has 0 spiro atoms. The lowest BCUT2D eigenvalue weighted by Crippen LogP contribution is -2.39. The SMILES string of the molecule is CN[C@@H]1CN(c2ccc3c(n2)CC[C@H](NC(=O)c2sc4nc(C)c(F)cc4c2N)C3)C[C@H]1COC. The van der Waals surface area contributed by atoms with Crippen LogP contribution in [0.15, 0.2) is 18.2 Å². The van der Waals surface area contributed by atoms with Crippen molar-refractivity contribution in [3.63, 3.8) is 0 Å². The van der Waals surface area contributed by atoms with Gasteiger partial charge in [-0.1, -0.05) is 6.07 Å². The Balaban J connectivity index is 1.27. The van der Waals surface area contributed by atoms with Crippen LogP contribution in [0.3, 0.4) is 0 Å². The summed E-state index contributed by atoms with van der Waals surface area (Å²) in [6.45, 7) is 4.15. The van der Waals surface area contributed by atoms with Crippen molar-refractivity contribution in [1.82, 2.24) is 20.6 Å². The number of thiophene rings is 1. The molecule has 1 saturated heterocycles. The number of ether oxygens (including phenoxy) is 1. The second kappa shape index (κ2) is 9.67. The van der Waals surface area contributed by atoms with E-state index in [1.807, 2.05) is 7.05 Å². The second-order valence-corrected chi connectivity index (χ2v) is 10.5. The minimum absolute atomic E-state index is 0.00904. The van der Waals surface area contributed by atoms with Gasteiger partial charge in [-0.05, 0) is 50.9 Å². The number of nitrogens with zero attached hydrogens (tertiary/aromatic N) is 3. The van der Waals surface area contributed by atoms with Crippen molar-refractivity contribution in [2.75, 3.05) is 44.5 Å². The van der Waals surface area contributed by atoms with Gasteiger partial charge in [0, 0.05) is 49.3 Å². The highest BCUT2D eigenvalue weighted by atomic mass is 32.1. The van der Waals surface area contributed by atoms with Crippen molar-refractivity contribution in [2.24, 2.45) is 5.92 Å². The Morgan fingerprint density at radius 2 is 2.17 bits per heavy atom. The number of carbonyl (C=O) groups is 1. The summed E-state index contributed by atoms with van der Waals surface area (Å²) in [5.41, 5.74) is 9.02. The van der Waals surface area contributed by atoms with E-state index in [0.29, 0.717) is 32.7 Å². The van der Waals surface area contributed by atoms with E-state index >= 15 is 0 Å². The number of hydrogen-bond donors (Lipinski definition) is 3. The molecule has 4 N–H and O–H groups in total. The van der Waals surface area contributed by atoms with E-state index in [2.05, 4.69) is 32.7 Å². The number of anilines is 2. The van der Waals surface area contributed by atoms with Gasteiger partial charge in [0.05, 0.1) is 18.0 Å². The minimum atomic E-state index is -0.422. The first kappa shape index (κ1) is 23.9. The van der Waals surface area contributed by atoms with Gasteiger partial charge in [-0.2, -0.15) is 0 Å². The van der Waals surface area contributed by atoms with Crippen molar-refractivity contribution in [3.8, 4) is 0 Å². The summed E-state index contributed by atoms with van der Waals surface area (Å²) >= 11 is 1.20. The van der Waals surface area contributed by atoms with E-state index < -0.39 is 5.82 Å². The molecular formula is C25H31FN6O2S. The van der Waals surface area contributed by atoms with E-state index in [9.17, 15) is 9.18 Å². The molecule has 1 fully saturated rings. The third-order valence-corrected chi connectivity index (χ3v) is 8.27. The van der Waals surface area contributed by atoms with Crippen LogP contribution in [-0.4, -0.2) is 61.8 Å². The minimum Gasteiger partial charge on any atom is -0.397 e. The topological polar surface area (TPSA) is 105 Å². The van der Waals surface area contributed by atoms with Crippen LogP contribution in [0.5, 0.6) is 0 Å². The molecule has 1 aliphatic heterocycles. The molecule has 3 aromatic heterocycles. The van der Waals surface area contributed by atoms with Crippen molar-refractivity contribution < 1.29 is 13.9 Å². The molecule has 10 heteroatoms. The van der Waals surface area contributed by atoms with Gasteiger partial charge in [-0.3, -0.25) is 4.79 Å². The quantitative estimate of drug-likeness (QED) is 0.480. The molecule has 0 radical (unpaired) electrons. The van der Waals surface area contributed by atoms with Crippen LogP contribution >= 0.6 is 11.3 Å². The molecule has 1 aliphatic carbocycles. The number of carbonyl (C=O) groups excluding carboxylic acids is 1. The fourth-order valence-electron chi connectivity index (χ4n) is 5.19. The smallest absolute Gasteiger partial charge is 0.263 e. The molecule has 186 valence electrons. The average molecular weight is 499 g/mol. The summed E-state index contributed by atoms with van der Waals surface area (Å²) in [5.74, 6) is 0.771. The van der Waals surface area contributed by atoms with E-state index in [4.69, 9.17) is 15.5 Å². The van der Waals surface area contributed by atoms with Crippen molar-refractivity contribution >= 4 is 39.0 Å². The maximum absolute atomic E-state index is 13.9. The average Bonchev–Trinajstić information content (AvgIpc) is 3.40. The number of pyridine rings is 2. The van der Waals surface area contributed by atoms with E-state index in [0.717, 1.165) is 56.0 Å². The zero-order valence-electron chi connectivity index (χ0n) is 20.2. The molecular weight excluding hydrogens is 467 g/mol. The van der Waals surface area contributed by atoms with Crippen molar-refractivity contribution in [3.05, 3.63) is 45.8 Å². The Labute approximate surface area is 208 Å². The molecule has 4 heterocycles. The predicted molar refractivity (Wildman–Crippen MR) is 137 cm³/mol. The number of amides is 1. The standard InChI is InChI=1S/C25H31FN6O2S/c1-13-18(26)9-17-22(27)23(35-25(17)29-13)24(33)30-16-5-6-19-14(8-16)4-7-21(31-19)32-10-15(12-34-3)20(11-32)28-2/h4,7,9,15-16,20,28H,5-6,8,10-12,27H2,1-3H3,(H,30,33)/t15-,16-,20+/m0/s1. The monoisotopic (exact) mass is 498 g/mol. The van der Waals surface area contributed by atoms with Crippen LogP contribution in [0, 0.1) is 18.7 Å². The number of halogens is 1. The summed E-state index contributed by atoms with van der Waals surface area (Å²) in [5, 5.41) is 7.01. The maximum atomic E-state index is 13.9. The molecule has 3 aromatic rings. The Bertz CT molecular complexity index is 1260. The van der Waals surface area contributed by atoms with Crippen LogP contribution in [-0.2, 0) is 17.6 Å². The number of aromatic nitrogens is 2. The number of rotatable bonds is 6. The summed E-state index contributed by atoms with van der Waals surface area (Å²) in [7, 11) is 3.74. The van der Waals surface area contributed by atoms with Gasteiger partial charge in [0.25, 0.3) is 5.91 Å². The van der Waals surface area contributed by atoms with Crippen molar-refractivity contribution in [2.45, 2.75) is 38.3 Å². The Morgan fingerprint density at radius 3 is 2.94 bits per heavy atom. The highest BCUT2D eigenvalue weighted by Crippen LogP contribution is 2.34. The molecule has 0 unspecified atom stereocenters. The first-order valence-electron chi connectivity index (χ1n) is 11.9. The highest BCUT2D eigenvalue weighted by molar-refractivity contribution is 7.21. The van der Waals surface area contributed by atoms with Gasteiger partial charge in [0.2, 0.25) is 0 Å². The molecule has 0 saturated carbocycles. The van der Waals surface area contributed by atoms with Gasteiger partial charge >= 0.3 is 0 Å². The molecule has 0 aromatic carbocycles. The first-order chi connectivity index (χ1) is 16.9. The second-order valence-electron chi connectivity index (χ2n) is 9.46. The van der Waals surface area contributed by atoms with E-state index in [-0.39, 0.29) is 17.6 Å². The largest absolute Gasteiger partial charge is 0.397 e. The Kier molecular flexibility index (Phi) is 6.61. The zero-order valence-corrected chi connectivity index (χ0v) is 21.0. The van der Waals surface area contributed by atoms with Crippen LogP contribution in [0.1, 0.15) is 33.0 Å². The number of nitrogens with two attached hydrogens (primary N) is 1. The number of aryl methyl sites for hydroxylation is 2. The van der Waals surface area contributed by atoms with Crippen LogP contribution in [0.25, 0.3) is 10.2 Å². The lowest BCUT2D eigenvalue weighted by molar-refractivity contribution is 0.0938. The molecule has 2 aliphatic rings. The number of nitrogen functional groups attached to an aromatic ring is 1. The summed E-state index contributed by atoms with van der Waals surface area (Å²) < 4.78 is 19.3. The number of methoxy groups -OCH3 is 1. The third-order valence-electron chi connectivity index (χ3n) is 7.16. The van der Waals surface area contributed by atoms with E-state index in [1.54, 1.807) is 14.0 Å². The normalized spacial score (nSPS) is 21.9. The number of likely N-dealkylation sites (N-methyl/N-ethyl adjacent to an activating group) is 1. The predicted octanol–water partition coefficient (Wildman–Crippen LogP) is 2.68. The molecule has 0 bridgehead atoms. The number of nitrogens with one attached hydrogen (secondary N) is 2. The third kappa shape index (κ3) is 4.57. The van der Waals surface area contributed by atoms with Crippen LogP contribution < -0.4 is 21.3 Å². The summed E-state index contributed by atoms with van der Waals surface area (Å²) in [6.07, 6.45) is 2.32. The van der Waals surface area contributed by atoms with Crippen molar-refractivity contribution in [1.29, 1.82) is 0 Å². The lowest BCUT2D eigenvalue weighted by Gasteiger charge is -2.26. The molecule has 3 atom stereocenters. The molecule has 35 heavy (non-hydrogen) atoms. The number of hydrogen-bond acceptors (Lipinski definition) is 8. The van der Waals surface area contributed by atoms with Gasteiger partial charge in [0.1, 0.15) is 21.3 Å². The van der Waals surface area contributed by atoms with Gasteiger partial charge < -0.3 is 26.0 Å². The van der Waals surface area contributed by atoms with Crippen LogP contribution in [0.4, 0.5) is 15.9 Å².